The molecule has 4 heteroatoms. The van der Waals surface area contributed by atoms with Crippen LogP contribution < -0.4 is 0 Å². The topological polar surface area (TPSA) is 60.4 Å². The van der Waals surface area contributed by atoms with Crippen LogP contribution in [0.3, 0.4) is 0 Å². The van der Waals surface area contributed by atoms with E-state index < -0.39 is 17.2 Å². The summed E-state index contributed by atoms with van der Waals surface area (Å²) < 4.78 is 4.43. The van der Waals surface area contributed by atoms with Gasteiger partial charge in [0.25, 0.3) is 5.78 Å². The highest BCUT2D eigenvalue weighted by molar-refractivity contribution is 6.41. The maximum absolute atomic E-state index is 11.7. The number of carbonyl (C=O) groups is 3. The van der Waals surface area contributed by atoms with E-state index in [9.17, 15) is 14.4 Å². The largest absolute Gasteiger partial charge is 0.463 e. The number of ketones is 2. The van der Waals surface area contributed by atoms with E-state index in [1.165, 1.54) is 7.11 Å². The lowest BCUT2D eigenvalue weighted by Gasteiger charge is -2.17. The third kappa shape index (κ3) is 1.32. The Bertz CT molecular complexity index is 419. The summed E-state index contributed by atoms with van der Waals surface area (Å²) in [5.74, 6) is -1.21. The highest BCUT2D eigenvalue weighted by Crippen LogP contribution is 2.51. The fraction of sp³-hybridized carbons (Fsp3) is 0.583. The molecule has 86 valence electrons. The molecule has 0 aliphatic heterocycles. The molecular formula is C12H14O4. The van der Waals surface area contributed by atoms with Crippen molar-refractivity contribution in [3.8, 4) is 0 Å². The van der Waals surface area contributed by atoms with E-state index in [-0.39, 0.29) is 5.78 Å². The third-order valence-corrected chi connectivity index (χ3v) is 3.77. The lowest BCUT2D eigenvalue weighted by Crippen LogP contribution is -2.21. The molecule has 0 amide bonds. The van der Waals surface area contributed by atoms with Gasteiger partial charge in [-0.1, -0.05) is 0 Å². The fourth-order valence-electron chi connectivity index (χ4n) is 2.73. The molecule has 0 radical (unpaired) electrons. The number of hydrogen-bond acceptors (Lipinski definition) is 4. The number of fused-ring (bicyclic) bond motifs is 1. The molecule has 0 bridgehead atoms. The normalized spacial score (nSPS) is 28.2. The van der Waals surface area contributed by atoms with Gasteiger partial charge in [-0.15, -0.1) is 0 Å². The first-order valence-electron chi connectivity index (χ1n) is 5.39. The average Bonchev–Trinajstić information content (AvgIpc) is 2.75. The standard InChI is InChI=1S/C12H14O4/c1-12-6-5-7(10(14)11(15)16-2)8(12)3-4-9(12)13/h3-6H2,1-2H3. The van der Waals surface area contributed by atoms with Crippen LogP contribution in [0, 0.1) is 5.41 Å². The summed E-state index contributed by atoms with van der Waals surface area (Å²) in [5.41, 5.74) is 0.895. The first kappa shape index (κ1) is 11.0. The van der Waals surface area contributed by atoms with E-state index >= 15 is 0 Å². The summed E-state index contributed by atoms with van der Waals surface area (Å²) >= 11 is 0. The zero-order chi connectivity index (χ0) is 11.9. The lowest BCUT2D eigenvalue weighted by molar-refractivity contribution is -0.149. The van der Waals surface area contributed by atoms with Gasteiger partial charge in [0, 0.05) is 17.4 Å². The number of allylic oxidation sites excluding steroid dienone is 1. The Balaban J connectivity index is 2.38. The molecule has 1 saturated carbocycles. The molecule has 1 unspecified atom stereocenters. The number of hydrogen-bond donors (Lipinski definition) is 0. The van der Waals surface area contributed by atoms with Gasteiger partial charge in [0.05, 0.1) is 7.11 Å². The second kappa shape index (κ2) is 3.54. The monoisotopic (exact) mass is 222 g/mol. The van der Waals surface area contributed by atoms with Crippen molar-refractivity contribution in [1.29, 1.82) is 0 Å². The SMILES string of the molecule is COC(=O)C(=O)C1=C2CCC(=O)C2(C)CC1. The van der Waals surface area contributed by atoms with Gasteiger partial charge in [-0.05, 0) is 31.8 Å². The van der Waals surface area contributed by atoms with Crippen molar-refractivity contribution in [3.63, 3.8) is 0 Å². The Morgan fingerprint density at radius 1 is 1.25 bits per heavy atom. The molecule has 2 rings (SSSR count). The minimum absolute atomic E-state index is 0.190. The molecule has 0 heterocycles. The molecule has 1 fully saturated rings. The number of Topliss-reactive ketones (excluding diaryl/α,β-unsaturated/α-hetero) is 2. The number of esters is 1. The van der Waals surface area contributed by atoms with Crippen molar-refractivity contribution >= 4 is 17.5 Å². The van der Waals surface area contributed by atoms with E-state index in [2.05, 4.69) is 4.74 Å². The molecule has 2 aliphatic rings. The molecular weight excluding hydrogens is 208 g/mol. The van der Waals surface area contributed by atoms with Crippen molar-refractivity contribution in [3.05, 3.63) is 11.1 Å². The minimum atomic E-state index is -0.828. The summed E-state index contributed by atoms with van der Waals surface area (Å²) in [5, 5.41) is 0. The summed E-state index contributed by atoms with van der Waals surface area (Å²) in [6.07, 6.45) is 2.28. The average molecular weight is 222 g/mol. The van der Waals surface area contributed by atoms with Gasteiger partial charge >= 0.3 is 5.97 Å². The molecule has 1 atom stereocenters. The summed E-state index contributed by atoms with van der Waals surface area (Å²) in [4.78, 5) is 34.6. The van der Waals surface area contributed by atoms with E-state index in [0.29, 0.717) is 31.3 Å². The maximum Gasteiger partial charge on any atom is 0.379 e. The highest BCUT2D eigenvalue weighted by Gasteiger charge is 2.48. The van der Waals surface area contributed by atoms with Crippen LogP contribution >= 0.6 is 0 Å². The Hall–Kier alpha value is -1.45. The first-order chi connectivity index (χ1) is 7.50. The van der Waals surface area contributed by atoms with E-state index in [4.69, 9.17) is 0 Å². The predicted octanol–water partition coefficient (Wildman–Crippen LogP) is 1.19. The van der Waals surface area contributed by atoms with Crippen LogP contribution in [0.4, 0.5) is 0 Å². The van der Waals surface area contributed by atoms with Gasteiger partial charge in [0.2, 0.25) is 0 Å². The molecule has 0 spiro atoms. The van der Waals surface area contributed by atoms with Gasteiger partial charge in [0.15, 0.2) is 0 Å². The Kier molecular flexibility index (Phi) is 2.45. The van der Waals surface area contributed by atoms with Crippen LogP contribution in [-0.4, -0.2) is 24.6 Å². The van der Waals surface area contributed by atoms with E-state index in [1.54, 1.807) is 0 Å². The molecule has 16 heavy (non-hydrogen) atoms. The zero-order valence-corrected chi connectivity index (χ0v) is 9.46. The Labute approximate surface area is 93.7 Å². The van der Waals surface area contributed by atoms with Gasteiger partial charge < -0.3 is 4.74 Å². The lowest BCUT2D eigenvalue weighted by atomic mass is 9.84. The molecule has 0 aromatic carbocycles. The van der Waals surface area contributed by atoms with Crippen LogP contribution in [0.2, 0.25) is 0 Å². The first-order valence-corrected chi connectivity index (χ1v) is 5.39. The molecule has 4 nitrogen and oxygen atoms in total. The van der Waals surface area contributed by atoms with Crippen molar-refractivity contribution in [2.45, 2.75) is 32.6 Å². The predicted molar refractivity (Wildman–Crippen MR) is 55.6 cm³/mol. The van der Waals surface area contributed by atoms with E-state index in [1.807, 2.05) is 6.92 Å². The Morgan fingerprint density at radius 2 is 1.94 bits per heavy atom. The van der Waals surface area contributed by atoms with Crippen molar-refractivity contribution < 1.29 is 19.1 Å². The number of ether oxygens (including phenoxy) is 1. The van der Waals surface area contributed by atoms with Crippen LogP contribution in [0.25, 0.3) is 0 Å². The number of carbonyl (C=O) groups excluding carboxylic acids is 3. The Morgan fingerprint density at radius 3 is 2.56 bits per heavy atom. The van der Waals surface area contributed by atoms with Gasteiger partial charge in [-0.2, -0.15) is 0 Å². The summed E-state index contributed by atoms with van der Waals surface area (Å²) in [7, 11) is 1.19. The number of methoxy groups -OCH3 is 1. The smallest absolute Gasteiger partial charge is 0.379 e. The molecule has 0 aromatic heterocycles. The molecule has 0 N–H and O–H groups in total. The molecule has 0 aromatic rings. The molecule has 2 aliphatic carbocycles. The second-order valence-electron chi connectivity index (χ2n) is 4.53. The van der Waals surface area contributed by atoms with Gasteiger partial charge in [0.1, 0.15) is 5.78 Å². The van der Waals surface area contributed by atoms with Crippen LogP contribution in [-0.2, 0) is 19.1 Å². The fourth-order valence-corrected chi connectivity index (χ4v) is 2.73. The van der Waals surface area contributed by atoms with Crippen molar-refractivity contribution in [2.24, 2.45) is 5.41 Å². The minimum Gasteiger partial charge on any atom is -0.463 e. The quantitative estimate of drug-likeness (QED) is 0.520. The van der Waals surface area contributed by atoms with Crippen LogP contribution in [0.1, 0.15) is 32.6 Å². The van der Waals surface area contributed by atoms with Gasteiger partial charge in [-0.25, -0.2) is 4.79 Å². The van der Waals surface area contributed by atoms with Crippen LogP contribution in [0.15, 0.2) is 11.1 Å². The third-order valence-electron chi connectivity index (χ3n) is 3.77. The zero-order valence-electron chi connectivity index (χ0n) is 9.46. The van der Waals surface area contributed by atoms with Crippen molar-refractivity contribution in [1.82, 2.24) is 0 Å². The molecule has 0 saturated heterocycles. The summed E-state index contributed by atoms with van der Waals surface area (Å²) in [6, 6.07) is 0. The van der Waals surface area contributed by atoms with Gasteiger partial charge in [-0.3, -0.25) is 9.59 Å². The number of rotatable bonds is 2. The second-order valence-corrected chi connectivity index (χ2v) is 4.53. The van der Waals surface area contributed by atoms with E-state index in [0.717, 1.165) is 5.57 Å². The summed E-state index contributed by atoms with van der Waals surface area (Å²) in [6.45, 7) is 1.87. The highest BCUT2D eigenvalue weighted by atomic mass is 16.5. The maximum atomic E-state index is 11.7. The van der Waals surface area contributed by atoms with Crippen molar-refractivity contribution in [2.75, 3.05) is 7.11 Å². The van der Waals surface area contributed by atoms with Crippen LogP contribution in [0.5, 0.6) is 0 Å².